The Balaban J connectivity index is 1.94. The van der Waals surface area contributed by atoms with Crippen molar-refractivity contribution in [1.82, 2.24) is 10.2 Å². The molecule has 0 aliphatic carbocycles. The minimum Gasteiger partial charge on any atom is -0.320 e. The van der Waals surface area contributed by atoms with Crippen LogP contribution >= 0.6 is 11.6 Å². The topological polar surface area (TPSA) is 58.4 Å². The average Bonchev–Trinajstić information content (AvgIpc) is 2.46. The second kappa shape index (κ2) is 7.73. The molecule has 1 fully saturated rings. The van der Waals surface area contributed by atoms with E-state index in [9.17, 15) is 10.1 Å². The monoisotopic (exact) mass is 311 g/mol. The first-order valence-electron chi connectivity index (χ1n) is 7.40. The van der Waals surface area contributed by atoms with Gasteiger partial charge in [-0.15, -0.1) is 0 Å². The molecule has 5 nitrogen and oxygen atoms in total. The van der Waals surface area contributed by atoms with Gasteiger partial charge in [-0.3, -0.25) is 15.0 Å². The molecule has 0 spiro atoms. The van der Waals surface area contributed by atoms with Gasteiger partial charge in [0.05, 0.1) is 4.92 Å². The molecule has 0 bridgehead atoms. The predicted molar refractivity (Wildman–Crippen MR) is 84.7 cm³/mol. The van der Waals surface area contributed by atoms with E-state index in [0.717, 1.165) is 38.4 Å². The van der Waals surface area contributed by atoms with Gasteiger partial charge in [0.1, 0.15) is 0 Å². The van der Waals surface area contributed by atoms with Gasteiger partial charge >= 0.3 is 0 Å². The number of hydrogen-bond donors (Lipinski definition) is 1. The van der Waals surface area contributed by atoms with Gasteiger partial charge in [-0.25, -0.2) is 0 Å². The minimum absolute atomic E-state index is 0.164. The number of nitrogens with zero attached hydrogens (tertiary/aromatic N) is 2. The van der Waals surface area contributed by atoms with Crippen molar-refractivity contribution >= 4 is 17.3 Å². The molecule has 0 aromatic heterocycles. The average molecular weight is 312 g/mol. The molecule has 21 heavy (non-hydrogen) atoms. The zero-order valence-electron chi connectivity index (χ0n) is 12.3. The molecule has 6 heteroatoms. The summed E-state index contributed by atoms with van der Waals surface area (Å²) in [6.07, 6.45) is 3.54. The van der Waals surface area contributed by atoms with Crippen molar-refractivity contribution in [3.05, 3.63) is 38.9 Å². The molecule has 2 rings (SSSR count). The summed E-state index contributed by atoms with van der Waals surface area (Å²) in [5.41, 5.74) is 0.873. The molecule has 0 unspecified atom stereocenters. The van der Waals surface area contributed by atoms with Gasteiger partial charge in [0, 0.05) is 23.2 Å². The Labute approximate surface area is 130 Å². The van der Waals surface area contributed by atoms with E-state index in [-0.39, 0.29) is 10.6 Å². The number of benzene rings is 1. The fourth-order valence-corrected chi connectivity index (χ4v) is 3.08. The molecule has 1 aliphatic rings. The molecule has 0 saturated carbocycles. The second-order valence-electron chi connectivity index (χ2n) is 5.64. The molecular weight excluding hydrogens is 290 g/mol. The van der Waals surface area contributed by atoms with Crippen LogP contribution in [-0.2, 0) is 6.54 Å². The molecular formula is C15H22ClN3O2. The van der Waals surface area contributed by atoms with Crippen molar-refractivity contribution in [2.45, 2.75) is 25.8 Å². The molecule has 1 saturated heterocycles. The second-order valence-corrected chi connectivity index (χ2v) is 6.08. The Morgan fingerprint density at radius 3 is 2.76 bits per heavy atom. The SMILES string of the molecule is CNCCC1CCN(Cc2cc(Cl)ccc2[N+](=O)[O-])CC1. The number of likely N-dealkylation sites (tertiary alicyclic amines) is 1. The molecule has 1 aromatic carbocycles. The van der Waals surface area contributed by atoms with E-state index < -0.39 is 0 Å². The van der Waals surface area contributed by atoms with Gasteiger partial charge in [0.15, 0.2) is 0 Å². The summed E-state index contributed by atoms with van der Waals surface area (Å²) in [5.74, 6) is 0.767. The van der Waals surface area contributed by atoms with Gasteiger partial charge in [0.25, 0.3) is 5.69 Å². The Bertz CT molecular complexity index is 488. The van der Waals surface area contributed by atoms with E-state index in [1.54, 1.807) is 12.1 Å². The summed E-state index contributed by atoms with van der Waals surface area (Å²) in [4.78, 5) is 13.0. The van der Waals surface area contributed by atoms with Crippen molar-refractivity contribution < 1.29 is 4.92 Å². The predicted octanol–water partition coefficient (Wildman–Crippen LogP) is 3.07. The summed E-state index contributed by atoms with van der Waals surface area (Å²) in [5, 5.41) is 14.8. The Morgan fingerprint density at radius 2 is 2.14 bits per heavy atom. The van der Waals surface area contributed by atoms with Gasteiger partial charge in [-0.1, -0.05) is 11.6 Å². The van der Waals surface area contributed by atoms with E-state index in [1.807, 2.05) is 7.05 Å². The maximum atomic E-state index is 11.1. The lowest BCUT2D eigenvalue weighted by Gasteiger charge is -2.31. The first-order chi connectivity index (χ1) is 10.1. The number of halogens is 1. The quantitative estimate of drug-likeness (QED) is 0.648. The fraction of sp³-hybridized carbons (Fsp3) is 0.600. The van der Waals surface area contributed by atoms with Crippen LogP contribution in [0.3, 0.4) is 0 Å². The molecule has 116 valence electrons. The third kappa shape index (κ3) is 4.66. The number of rotatable bonds is 6. The minimum atomic E-state index is -0.328. The highest BCUT2D eigenvalue weighted by atomic mass is 35.5. The highest BCUT2D eigenvalue weighted by molar-refractivity contribution is 6.30. The highest BCUT2D eigenvalue weighted by Crippen LogP contribution is 2.27. The molecule has 1 N–H and O–H groups in total. The molecule has 0 amide bonds. The first kappa shape index (κ1) is 16.2. The van der Waals surface area contributed by atoms with Crippen LogP contribution < -0.4 is 5.32 Å². The van der Waals surface area contributed by atoms with E-state index in [4.69, 9.17) is 11.6 Å². The van der Waals surface area contributed by atoms with E-state index in [2.05, 4.69) is 10.2 Å². The number of nitro benzene ring substituents is 1. The van der Waals surface area contributed by atoms with Crippen LogP contribution in [0.25, 0.3) is 0 Å². The standard InChI is InChI=1S/C15H22ClN3O2/c1-17-7-4-12-5-8-18(9-6-12)11-13-10-14(16)2-3-15(13)19(20)21/h2-3,10,12,17H,4-9,11H2,1H3. The lowest BCUT2D eigenvalue weighted by Crippen LogP contribution is -2.34. The number of nitro groups is 1. The Kier molecular flexibility index (Phi) is 5.96. The largest absolute Gasteiger partial charge is 0.320 e. The van der Waals surface area contributed by atoms with Crippen molar-refractivity contribution in [3.8, 4) is 0 Å². The van der Waals surface area contributed by atoms with Crippen LogP contribution in [0.1, 0.15) is 24.8 Å². The van der Waals surface area contributed by atoms with Crippen LogP contribution in [0.4, 0.5) is 5.69 Å². The number of hydrogen-bond acceptors (Lipinski definition) is 4. The van der Waals surface area contributed by atoms with Crippen LogP contribution in [0, 0.1) is 16.0 Å². The number of nitrogens with one attached hydrogen (secondary N) is 1. The summed E-state index contributed by atoms with van der Waals surface area (Å²) in [6, 6.07) is 4.79. The molecule has 0 radical (unpaired) electrons. The van der Waals surface area contributed by atoms with Gasteiger partial charge in [-0.2, -0.15) is 0 Å². The number of piperidine rings is 1. The lowest BCUT2D eigenvalue weighted by atomic mass is 9.93. The smallest absolute Gasteiger partial charge is 0.273 e. The zero-order valence-corrected chi connectivity index (χ0v) is 13.1. The van der Waals surface area contributed by atoms with Gasteiger partial charge in [-0.05, 0) is 64.0 Å². The van der Waals surface area contributed by atoms with Gasteiger partial charge < -0.3 is 5.32 Å². The summed E-state index contributed by atoms with van der Waals surface area (Å²) < 4.78 is 0. The van der Waals surface area contributed by atoms with Crippen LogP contribution in [-0.4, -0.2) is 36.5 Å². The van der Waals surface area contributed by atoms with E-state index in [1.165, 1.54) is 12.5 Å². The van der Waals surface area contributed by atoms with Crippen LogP contribution in [0.2, 0.25) is 5.02 Å². The first-order valence-corrected chi connectivity index (χ1v) is 7.77. The summed E-state index contributed by atoms with van der Waals surface area (Å²) in [6.45, 7) is 3.66. The summed E-state index contributed by atoms with van der Waals surface area (Å²) >= 11 is 5.97. The van der Waals surface area contributed by atoms with Crippen LogP contribution in [0.15, 0.2) is 18.2 Å². The third-order valence-corrected chi connectivity index (χ3v) is 4.38. The maximum Gasteiger partial charge on any atom is 0.273 e. The van der Waals surface area contributed by atoms with Crippen molar-refractivity contribution in [1.29, 1.82) is 0 Å². The summed E-state index contributed by atoms with van der Waals surface area (Å²) in [7, 11) is 1.98. The van der Waals surface area contributed by atoms with Crippen molar-refractivity contribution in [3.63, 3.8) is 0 Å². The molecule has 1 aliphatic heterocycles. The fourth-order valence-electron chi connectivity index (χ4n) is 2.88. The van der Waals surface area contributed by atoms with E-state index in [0.29, 0.717) is 17.1 Å². The molecule has 0 atom stereocenters. The van der Waals surface area contributed by atoms with Gasteiger partial charge in [0.2, 0.25) is 0 Å². The maximum absolute atomic E-state index is 11.1. The van der Waals surface area contributed by atoms with E-state index >= 15 is 0 Å². The van der Waals surface area contributed by atoms with Crippen molar-refractivity contribution in [2.24, 2.45) is 5.92 Å². The van der Waals surface area contributed by atoms with Crippen LogP contribution in [0.5, 0.6) is 0 Å². The Hall–Kier alpha value is -1.17. The zero-order chi connectivity index (χ0) is 15.2. The molecule has 1 aromatic rings. The highest BCUT2D eigenvalue weighted by Gasteiger charge is 2.22. The third-order valence-electron chi connectivity index (χ3n) is 4.14. The van der Waals surface area contributed by atoms with Crippen molar-refractivity contribution in [2.75, 3.05) is 26.7 Å². The Morgan fingerprint density at radius 1 is 1.43 bits per heavy atom. The normalized spacial score (nSPS) is 17.0. The lowest BCUT2D eigenvalue weighted by molar-refractivity contribution is -0.385. The molecule has 1 heterocycles.